The molecule has 0 bridgehead atoms. The van der Waals surface area contributed by atoms with Crippen molar-refractivity contribution in [1.82, 2.24) is 4.90 Å². The molecule has 0 fully saturated rings. The van der Waals surface area contributed by atoms with E-state index in [9.17, 15) is 4.79 Å². The van der Waals surface area contributed by atoms with Crippen molar-refractivity contribution in [2.24, 2.45) is 0 Å². The van der Waals surface area contributed by atoms with Crippen molar-refractivity contribution in [3.8, 4) is 0 Å². The van der Waals surface area contributed by atoms with Crippen LogP contribution in [0.2, 0.25) is 0 Å². The summed E-state index contributed by atoms with van der Waals surface area (Å²) in [6.45, 7) is 6.67. The van der Waals surface area contributed by atoms with Gasteiger partial charge < -0.3 is 0 Å². The maximum Gasteiger partial charge on any atom is 0.177 e. The molecule has 0 aliphatic rings. The fourth-order valence-corrected chi connectivity index (χ4v) is 3.21. The van der Waals surface area contributed by atoms with Gasteiger partial charge >= 0.3 is 0 Å². The van der Waals surface area contributed by atoms with Crippen LogP contribution in [0.1, 0.15) is 33.3 Å². The minimum absolute atomic E-state index is 0.205. The van der Waals surface area contributed by atoms with E-state index in [1.165, 1.54) is 4.88 Å². The number of carbonyl (C=O) groups excluding carboxylic acids is 1. The minimum atomic E-state index is 0.205. The summed E-state index contributed by atoms with van der Waals surface area (Å²) in [5.41, 5.74) is 3.05. The third-order valence-electron chi connectivity index (χ3n) is 3.92. The molecule has 21 heavy (non-hydrogen) atoms. The van der Waals surface area contributed by atoms with E-state index in [1.807, 2.05) is 33.0 Å². The van der Waals surface area contributed by atoms with E-state index in [2.05, 4.69) is 35.4 Å². The Morgan fingerprint density at radius 2 is 2.05 bits per heavy atom. The van der Waals surface area contributed by atoms with E-state index >= 15 is 0 Å². The Bertz CT molecular complexity index is 604. The third-order valence-corrected chi connectivity index (χ3v) is 4.81. The Hall–Kier alpha value is -1.45. The zero-order valence-corrected chi connectivity index (χ0v) is 14.0. The quantitative estimate of drug-likeness (QED) is 0.748. The molecule has 0 saturated heterocycles. The fraction of sp³-hybridized carbons (Fsp3) is 0.389. The minimum Gasteiger partial charge on any atom is -0.296 e. The molecule has 0 N–H and O–H groups in total. The summed E-state index contributed by atoms with van der Waals surface area (Å²) in [5.74, 6) is 0.205. The number of likely N-dealkylation sites (N-methyl/N-ethyl adjacent to an activating group) is 1. The van der Waals surface area contributed by atoms with Crippen molar-refractivity contribution in [2.75, 3.05) is 13.6 Å². The monoisotopic (exact) mass is 301 g/mol. The lowest BCUT2D eigenvalue weighted by Crippen LogP contribution is -2.35. The van der Waals surface area contributed by atoms with Crippen molar-refractivity contribution in [1.29, 1.82) is 0 Å². The first-order chi connectivity index (χ1) is 9.97. The fourth-order valence-electron chi connectivity index (χ4n) is 2.38. The Kier molecular flexibility index (Phi) is 5.32. The van der Waals surface area contributed by atoms with Crippen LogP contribution in [0.3, 0.4) is 0 Å². The second-order valence-corrected chi connectivity index (χ2v) is 6.82. The maximum atomic E-state index is 12.5. The smallest absolute Gasteiger partial charge is 0.177 e. The highest BCUT2D eigenvalue weighted by molar-refractivity contribution is 7.09. The molecule has 2 aromatic rings. The zero-order chi connectivity index (χ0) is 15.4. The predicted molar refractivity (Wildman–Crippen MR) is 90.4 cm³/mol. The molecule has 0 amide bonds. The first kappa shape index (κ1) is 15.9. The molecule has 0 radical (unpaired) electrons. The van der Waals surface area contributed by atoms with Gasteiger partial charge in [0.2, 0.25) is 0 Å². The molecule has 1 heterocycles. The van der Waals surface area contributed by atoms with Gasteiger partial charge in [-0.2, -0.15) is 0 Å². The van der Waals surface area contributed by atoms with Crippen molar-refractivity contribution in [3.05, 3.63) is 57.3 Å². The van der Waals surface area contributed by atoms with E-state index in [0.717, 1.165) is 23.1 Å². The summed E-state index contributed by atoms with van der Waals surface area (Å²) in [6.07, 6.45) is 0.994. The molecular formula is C18H23NOS. The topological polar surface area (TPSA) is 20.3 Å². The van der Waals surface area contributed by atoms with Crippen molar-refractivity contribution in [2.45, 2.75) is 33.2 Å². The Balaban J connectivity index is 1.99. The molecule has 1 aromatic carbocycles. The number of nitrogens with zero attached hydrogens (tertiary/aromatic N) is 1. The van der Waals surface area contributed by atoms with E-state index in [-0.39, 0.29) is 5.78 Å². The van der Waals surface area contributed by atoms with Gasteiger partial charge in [0.25, 0.3) is 0 Å². The van der Waals surface area contributed by atoms with Crippen LogP contribution >= 0.6 is 11.3 Å². The Labute approximate surface area is 131 Å². The van der Waals surface area contributed by atoms with Gasteiger partial charge in [-0.1, -0.05) is 23.8 Å². The van der Waals surface area contributed by atoms with Crippen LogP contribution in [-0.4, -0.2) is 30.3 Å². The van der Waals surface area contributed by atoms with E-state index in [4.69, 9.17) is 0 Å². The summed E-state index contributed by atoms with van der Waals surface area (Å²) in [5, 5.41) is 2.10. The lowest BCUT2D eigenvalue weighted by Gasteiger charge is -2.24. The van der Waals surface area contributed by atoms with Gasteiger partial charge in [-0.15, -0.1) is 11.3 Å². The lowest BCUT2D eigenvalue weighted by molar-refractivity contribution is 0.0924. The second kappa shape index (κ2) is 7.01. The average Bonchev–Trinajstić information content (AvgIpc) is 2.94. The van der Waals surface area contributed by atoms with Gasteiger partial charge in [0, 0.05) is 16.5 Å². The van der Waals surface area contributed by atoms with Crippen LogP contribution in [0.5, 0.6) is 0 Å². The van der Waals surface area contributed by atoms with Gasteiger partial charge in [0.05, 0.1) is 6.54 Å². The number of thiophene rings is 1. The maximum absolute atomic E-state index is 12.5. The van der Waals surface area contributed by atoms with E-state index in [1.54, 1.807) is 11.3 Å². The molecule has 0 aliphatic heterocycles. The van der Waals surface area contributed by atoms with Crippen molar-refractivity contribution >= 4 is 17.1 Å². The first-order valence-electron chi connectivity index (χ1n) is 7.30. The third kappa shape index (κ3) is 4.26. The van der Waals surface area contributed by atoms with Crippen LogP contribution in [0, 0.1) is 13.8 Å². The van der Waals surface area contributed by atoms with Crippen LogP contribution in [-0.2, 0) is 6.42 Å². The summed E-state index contributed by atoms with van der Waals surface area (Å²) in [6, 6.07) is 10.7. The van der Waals surface area contributed by atoms with Crippen LogP contribution in [0.15, 0.2) is 35.7 Å². The number of ketones is 1. The molecule has 1 atom stereocenters. The van der Waals surface area contributed by atoms with Crippen molar-refractivity contribution < 1.29 is 4.79 Å². The molecule has 0 spiro atoms. The molecule has 0 saturated carbocycles. The zero-order valence-electron chi connectivity index (χ0n) is 13.2. The number of aryl methyl sites for hydroxylation is 2. The Morgan fingerprint density at radius 1 is 1.29 bits per heavy atom. The Morgan fingerprint density at radius 3 is 2.71 bits per heavy atom. The molecule has 0 aliphatic carbocycles. The number of hydrogen-bond donors (Lipinski definition) is 0. The van der Waals surface area contributed by atoms with Crippen LogP contribution < -0.4 is 0 Å². The highest BCUT2D eigenvalue weighted by atomic mass is 32.1. The van der Waals surface area contributed by atoms with Gasteiger partial charge in [0.15, 0.2) is 5.78 Å². The van der Waals surface area contributed by atoms with Crippen LogP contribution in [0.4, 0.5) is 0 Å². The van der Waals surface area contributed by atoms with Gasteiger partial charge in [-0.05, 0) is 57.3 Å². The number of hydrogen-bond acceptors (Lipinski definition) is 3. The lowest BCUT2D eigenvalue weighted by atomic mass is 10.0. The first-order valence-corrected chi connectivity index (χ1v) is 8.18. The highest BCUT2D eigenvalue weighted by Gasteiger charge is 2.16. The highest BCUT2D eigenvalue weighted by Crippen LogP contribution is 2.15. The van der Waals surface area contributed by atoms with E-state index < -0.39 is 0 Å². The summed E-state index contributed by atoms with van der Waals surface area (Å²) in [7, 11) is 2.03. The number of benzene rings is 1. The van der Waals surface area contributed by atoms with Crippen molar-refractivity contribution in [3.63, 3.8) is 0 Å². The van der Waals surface area contributed by atoms with Gasteiger partial charge in [-0.3, -0.25) is 9.69 Å². The summed E-state index contributed by atoms with van der Waals surface area (Å²) >= 11 is 1.78. The normalized spacial score (nSPS) is 12.6. The summed E-state index contributed by atoms with van der Waals surface area (Å²) < 4.78 is 0. The molecule has 2 nitrogen and oxygen atoms in total. The summed E-state index contributed by atoms with van der Waals surface area (Å²) in [4.78, 5) is 16.0. The molecule has 1 unspecified atom stereocenters. The molecular weight excluding hydrogens is 278 g/mol. The van der Waals surface area contributed by atoms with Gasteiger partial charge in [-0.25, -0.2) is 0 Å². The standard InChI is InChI=1S/C18H23NOS/c1-13-7-8-14(2)17(10-13)18(20)12-19(4)15(3)11-16-6-5-9-21-16/h5-10,15H,11-12H2,1-4H3. The van der Waals surface area contributed by atoms with Crippen LogP contribution in [0.25, 0.3) is 0 Å². The second-order valence-electron chi connectivity index (χ2n) is 5.79. The molecule has 1 aromatic heterocycles. The molecule has 3 heteroatoms. The average molecular weight is 301 g/mol. The number of rotatable bonds is 6. The van der Waals surface area contributed by atoms with E-state index in [0.29, 0.717) is 12.6 Å². The predicted octanol–water partition coefficient (Wildman–Crippen LogP) is 4.11. The van der Waals surface area contributed by atoms with Gasteiger partial charge in [0.1, 0.15) is 0 Å². The largest absolute Gasteiger partial charge is 0.296 e. The SMILES string of the molecule is Cc1ccc(C)c(C(=O)CN(C)C(C)Cc2cccs2)c1. The molecule has 2 rings (SSSR count). The number of carbonyl (C=O) groups is 1. The number of Topliss-reactive ketones (excluding diaryl/α,β-unsaturated/α-hetero) is 1. The molecule has 112 valence electrons.